The number of aromatic nitrogens is 1. The molecule has 1 saturated carbocycles. The first-order valence-electron chi connectivity index (χ1n) is 7.18. The summed E-state index contributed by atoms with van der Waals surface area (Å²) in [4.78, 5) is 16.2. The second kappa shape index (κ2) is 6.89. The molecule has 2 rings (SSSR count). The number of carbonyl (C=O) groups excluding carboxylic acids is 1. The number of amides is 2. The molecule has 5 heteroatoms. The van der Waals surface area contributed by atoms with Gasteiger partial charge in [-0.2, -0.15) is 0 Å². The van der Waals surface area contributed by atoms with E-state index in [0.717, 1.165) is 25.1 Å². The number of hydrogen-bond acceptors (Lipinski definition) is 3. The Labute approximate surface area is 119 Å². The van der Waals surface area contributed by atoms with E-state index in [0.29, 0.717) is 18.4 Å². The molecule has 106 valence electrons. The van der Waals surface area contributed by atoms with E-state index in [1.807, 2.05) is 0 Å². The maximum Gasteiger partial charge on any atom is 0.315 e. The number of nitrogens with one attached hydrogen (secondary N) is 2. The van der Waals surface area contributed by atoms with Crippen molar-refractivity contribution in [2.75, 3.05) is 6.54 Å². The van der Waals surface area contributed by atoms with Crippen molar-refractivity contribution >= 4 is 17.4 Å². The minimum absolute atomic E-state index is 0.0899. The first-order chi connectivity index (χ1) is 9.22. The number of carbonyl (C=O) groups is 1. The van der Waals surface area contributed by atoms with Crippen molar-refractivity contribution in [1.29, 1.82) is 0 Å². The molecule has 0 radical (unpaired) electrons. The molecule has 0 aliphatic heterocycles. The Hall–Kier alpha value is -1.10. The fraction of sp³-hybridized carbons (Fsp3) is 0.714. The Morgan fingerprint density at radius 3 is 2.79 bits per heavy atom. The molecule has 0 aromatic carbocycles. The maximum atomic E-state index is 11.7. The molecule has 0 bridgehead atoms. The third-order valence-corrected chi connectivity index (χ3v) is 4.69. The van der Waals surface area contributed by atoms with Crippen LogP contribution in [0.1, 0.15) is 56.2 Å². The lowest BCUT2D eigenvalue weighted by atomic mass is 10.0. The Morgan fingerprint density at radius 1 is 1.42 bits per heavy atom. The van der Waals surface area contributed by atoms with Gasteiger partial charge < -0.3 is 10.6 Å². The Kier molecular flexibility index (Phi) is 5.19. The zero-order valence-corrected chi connectivity index (χ0v) is 12.6. The number of rotatable bonds is 7. The van der Waals surface area contributed by atoms with Gasteiger partial charge in [-0.15, -0.1) is 11.3 Å². The molecule has 0 spiro atoms. The summed E-state index contributed by atoms with van der Waals surface area (Å²) in [7, 11) is 0. The predicted molar refractivity (Wildman–Crippen MR) is 78.4 cm³/mol. The van der Waals surface area contributed by atoms with E-state index < -0.39 is 0 Å². The molecular weight excluding hydrogens is 258 g/mol. The molecule has 1 aromatic heterocycles. The second-order valence-corrected chi connectivity index (χ2v) is 6.09. The average molecular weight is 281 g/mol. The van der Waals surface area contributed by atoms with Crippen LogP contribution in [-0.4, -0.2) is 17.6 Å². The van der Waals surface area contributed by atoms with E-state index in [9.17, 15) is 4.79 Å². The van der Waals surface area contributed by atoms with Crippen LogP contribution >= 0.6 is 11.3 Å². The van der Waals surface area contributed by atoms with Crippen molar-refractivity contribution < 1.29 is 4.79 Å². The maximum absolute atomic E-state index is 11.7. The first kappa shape index (κ1) is 14.3. The second-order valence-electron chi connectivity index (χ2n) is 5.20. The summed E-state index contributed by atoms with van der Waals surface area (Å²) in [6, 6.07) is -0.0899. The zero-order valence-electron chi connectivity index (χ0n) is 11.7. The van der Waals surface area contributed by atoms with Crippen LogP contribution in [0, 0.1) is 5.92 Å². The predicted octanol–water partition coefficient (Wildman–Crippen LogP) is 3.26. The third-order valence-electron chi connectivity index (χ3n) is 3.63. The van der Waals surface area contributed by atoms with Crippen LogP contribution in [-0.2, 0) is 6.54 Å². The van der Waals surface area contributed by atoms with Gasteiger partial charge in [-0.1, -0.05) is 26.7 Å². The summed E-state index contributed by atoms with van der Waals surface area (Å²) in [5, 5.41) is 9.07. The Morgan fingerprint density at radius 2 is 2.16 bits per heavy atom. The van der Waals surface area contributed by atoms with Crippen molar-refractivity contribution in [3.63, 3.8) is 0 Å². The largest absolute Gasteiger partial charge is 0.338 e. The average Bonchev–Trinajstić information content (AvgIpc) is 3.17. The van der Waals surface area contributed by atoms with Crippen molar-refractivity contribution in [1.82, 2.24) is 15.6 Å². The molecule has 1 heterocycles. The highest BCUT2D eigenvalue weighted by atomic mass is 32.1. The monoisotopic (exact) mass is 281 g/mol. The smallest absolute Gasteiger partial charge is 0.315 e. The van der Waals surface area contributed by atoms with E-state index in [-0.39, 0.29) is 6.03 Å². The summed E-state index contributed by atoms with van der Waals surface area (Å²) in [6.45, 7) is 5.59. The van der Waals surface area contributed by atoms with E-state index >= 15 is 0 Å². The highest BCUT2D eigenvalue weighted by Crippen LogP contribution is 2.41. The summed E-state index contributed by atoms with van der Waals surface area (Å²) < 4.78 is 0. The number of urea groups is 1. The van der Waals surface area contributed by atoms with Crippen molar-refractivity contribution in [2.45, 2.75) is 52.0 Å². The highest BCUT2D eigenvalue weighted by Gasteiger charge is 2.26. The SMILES string of the molecule is CCC(CC)CNC(=O)NCc1csc(C2CC2)n1. The van der Waals surface area contributed by atoms with Crippen LogP contribution in [0.5, 0.6) is 0 Å². The van der Waals surface area contributed by atoms with Gasteiger partial charge in [-0.25, -0.2) is 9.78 Å². The van der Waals surface area contributed by atoms with Gasteiger partial charge in [-0.3, -0.25) is 0 Å². The Balaban J connectivity index is 1.67. The van der Waals surface area contributed by atoms with E-state index in [1.54, 1.807) is 11.3 Å². The molecule has 1 aliphatic carbocycles. The van der Waals surface area contributed by atoms with Gasteiger partial charge in [0.05, 0.1) is 17.2 Å². The number of nitrogens with zero attached hydrogens (tertiary/aromatic N) is 1. The minimum Gasteiger partial charge on any atom is -0.338 e. The van der Waals surface area contributed by atoms with Crippen LogP contribution in [0.2, 0.25) is 0 Å². The third kappa shape index (κ3) is 4.49. The molecule has 1 aliphatic rings. The summed E-state index contributed by atoms with van der Waals surface area (Å²) in [5.74, 6) is 1.27. The van der Waals surface area contributed by atoms with Gasteiger partial charge in [0.15, 0.2) is 0 Å². The van der Waals surface area contributed by atoms with Crippen molar-refractivity contribution in [3.8, 4) is 0 Å². The lowest BCUT2D eigenvalue weighted by molar-refractivity contribution is 0.238. The molecule has 4 nitrogen and oxygen atoms in total. The minimum atomic E-state index is -0.0899. The first-order valence-corrected chi connectivity index (χ1v) is 8.06. The standard InChI is InChI=1S/C14H23N3OS/c1-3-10(4-2)7-15-14(18)16-8-12-9-19-13(17-12)11-5-6-11/h9-11H,3-8H2,1-2H3,(H2,15,16,18). The lowest BCUT2D eigenvalue weighted by Crippen LogP contribution is -2.37. The van der Waals surface area contributed by atoms with Gasteiger partial charge in [-0.05, 0) is 18.8 Å². The van der Waals surface area contributed by atoms with E-state index in [2.05, 4.69) is 34.8 Å². The Bertz CT molecular complexity index is 411. The van der Waals surface area contributed by atoms with Crippen LogP contribution in [0.15, 0.2) is 5.38 Å². The molecule has 0 unspecified atom stereocenters. The van der Waals surface area contributed by atoms with Crippen LogP contribution in [0.25, 0.3) is 0 Å². The van der Waals surface area contributed by atoms with Gasteiger partial charge in [0.25, 0.3) is 0 Å². The molecule has 2 N–H and O–H groups in total. The van der Waals surface area contributed by atoms with E-state index in [1.165, 1.54) is 17.8 Å². The quantitative estimate of drug-likeness (QED) is 0.806. The van der Waals surface area contributed by atoms with Gasteiger partial charge >= 0.3 is 6.03 Å². The molecular formula is C14H23N3OS. The highest BCUT2D eigenvalue weighted by molar-refractivity contribution is 7.09. The molecule has 1 aromatic rings. The zero-order chi connectivity index (χ0) is 13.7. The summed E-state index contributed by atoms with van der Waals surface area (Å²) >= 11 is 1.71. The molecule has 0 saturated heterocycles. The molecule has 0 atom stereocenters. The number of hydrogen-bond donors (Lipinski definition) is 2. The van der Waals surface area contributed by atoms with Crippen LogP contribution in [0.4, 0.5) is 4.79 Å². The topological polar surface area (TPSA) is 54.0 Å². The van der Waals surface area contributed by atoms with Crippen LogP contribution in [0.3, 0.4) is 0 Å². The molecule has 19 heavy (non-hydrogen) atoms. The lowest BCUT2D eigenvalue weighted by Gasteiger charge is -2.13. The van der Waals surface area contributed by atoms with Crippen molar-refractivity contribution in [3.05, 3.63) is 16.1 Å². The van der Waals surface area contributed by atoms with Gasteiger partial charge in [0.1, 0.15) is 0 Å². The van der Waals surface area contributed by atoms with E-state index in [4.69, 9.17) is 0 Å². The normalized spacial score (nSPS) is 14.7. The fourth-order valence-corrected chi connectivity index (χ4v) is 2.96. The fourth-order valence-electron chi connectivity index (χ4n) is 1.97. The summed E-state index contributed by atoms with van der Waals surface area (Å²) in [6.07, 6.45) is 4.76. The molecule has 2 amide bonds. The number of thiazole rings is 1. The summed E-state index contributed by atoms with van der Waals surface area (Å²) in [5.41, 5.74) is 0.976. The van der Waals surface area contributed by atoms with Gasteiger partial charge in [0, 0.05) is 17.8 Å². The molecule has 1 fully saturated rings. The van der Waals surface area contributed by atoms with Crippen LogP contribution < -0.4 is 10.6 Å². The van der Waals surface area contributed by atoms with Crippen molar-refractivity contribution in [2.24, 2.45) is 5.92 Å². The van der Waals surface area contributed by atoms with Gasteiger partial charge in [0.2, 0.25) is 0 Å².